The Morgan fingerprint density at radius 2 is 1.75 bits per heavy atom. The highest BCUT2D eigenvalue weighted by Crippen LogP contribution is 2.25. The lowest BCUT2D eigenvalue weighted by Crippen LogP contribution is -2.35. The van der Waals surface area contributed by atoms with Gasteiger partial charge in [-0.3, -0.25) is 10.6 Å². The second kappa shape index (κ2) is 3.75. The average molecular weight is 167 g/mol. The van der Waals surface area contributed by atoms with Crippen molar-refractivity contribution in [3.8, 4) is 0 Å². The molecule has 1 saturated carbocycles. The molecule has 2 rings (SSSR count). The summed E-state index contributed by atoms with van der Waals surface area (Å²) in [6, 6.07) is 1.06. The molecular formula is C10H19N2. The number of likely N-dealkylation sites (tertiary alicyclic amines) is 1. The van der Waals surface area contributed by atoms with E-state index >= 15 is 0 Å². The molecule has 1 atom stereocenters. The lowest BCUT2D eigenvalue weighted by atomic mass is 9.94. The molecule has 2 fully saturated rings. The zero-order valence-electron chi connectivity index (χ0n) is 7.76. The first-order valence-corrected chi connectivity index (χ1v) is 5.31. The summed E-state index contributed by atoms with van der Waals surface area (Å²) in [5.74, 6) is 0. The van der Waals surface area contributed by atoms with Crippen molar-refractivity contribution in [1.29, 1.82) is 0 Å². The van der Waals surface area contributed by atoms with Gasteiger partial charge in [0.15, 0.2) is 0 Å². The third kappa shape index (κ3) is 1.80. The molecule has 0 aromatic carbocycles. The van der Waals surface area contributed by atoms with Crippen molar-refractivity contribution in [2.75, 3.05) is 13.1 Å². The number of hydrogen-bond acceptors (Lipinski definition) is 1. The van der Waals surface area contributed by atoms with E-state index in [1.165, 1.54) is 38.6 Å². The zero-order valence-corrected chi connectivity index (χ0v) is 7.76. The van der Waals surface area contributed by atoms with Gasteiger partial charge in [-0.25, -0.2) is 0 Å². The molecular weight excluding hydrogens is 148 g/mol. The summed E-state index contributed by atoms with van der Waals surface area (Å²) in [6.07, 6.45) is 8.18. The lowest BCUT2D eigenvalue weighted by Gasteiger charge is -2.30. The van der Waals surface area contributed by atoms with E-state index in [9.17, 15) is 0 Å². The van der Waals surface area contributed by atoms with Crippen LogP contribution in [0.25, 0.3) is 0 Å². The Balaban J connectivity index is 1.83. The number of nitrogens with one attached hydrogen (secondary N) is 1. The van der Waals surface area contributed by atoms with Gasteiger partial charge >= 0.3 is 0 Å². The van der Waals surface area contributed by atoms with Crippen molar-refractivity contribution in [3.05, 3.63) is 0 Å². The van der Waals surface area contributed by atoms with Crippen molar-refractivity contribution in [2.24, 2.45) is 0 Å². The van der Waals surface area contributed by atoms with E-state index in [0.717, 1.165) is 19.0 Å². The molecule has 1 N–H and O–H groups in total. The highest BCUT2D eigenvalue weighted by atomic mass is 15.2. The minimum absolute atomic E-state index is 0.215. The van der Waals surface area contributed by atoms with Gasteiger partial charge in [0.05, 0.1) is 0 Å². The van der Waals surface area contributed by atoms with E-state index in [1.54, 1.807) is 0 Å². The standard InChI is InChI=1S/C10H19N2/c11-9-6-7-12(8-9)10-4-2-1-3-5-10/h9-11H,1-8H2. The molecule has 1 heterocycles. The van der Waals surface area contributed by atoms with Crippen molar-refractivity contribution in [2.45, 2.75) is 50.6 Å². The van der Waals surface area contributed by atoms with Gasteiger partial charge in [-0.2, -0.15) is 0 Å². The Bertz CT molecular complexity index is 138. The van der Waals surface area contributed by atoms with Crippen LogP contribution in [0.2, 0.25) is 0 Å². The van der Waals surface area contributed by atoms with E-state index in [-0.39, 0.29) is 6.04 Å². The van der Waals surface area contributed by atoms with Crippen LogP contribution in [0, 0.1) is 0 Å². The number of rotatable bonds is 1. The molecule has 1 aliphatic carbocycles. The van der Waals surface area contributed by atoms with E-state index in [4.69, 9.17) is 5.73 Å². The maximum absolute atomic E-state index is 7.64. The monoisotopic (exact) mass is 167 g/mol. The van der Waals surface area contributed by atoms with Crippen LogP contribution < -0.4 is 5.73 Å². The van der Waals surface area contributed by atoms with Crippen molar-refractivity contribution in [3.63, 3.8) is 0 Å². The van der Waals surface area contributed by atoms with Crippen LogP contribution in [-0.4, -0.2) is 30.1 Å². The van der Waals surface area contributed by atoms with Crippen LogP contribution in [0.1, 0.15) is 38.5 Å². The largest absolute Gasteiger partial charge is 0.299 e. The van der Waals surface area contributed by atoms with Gasteiger partial charge in [-0.1, -0.05) is 19.3 Å². The number of nitrogens with zero attached hydrogens (tertiary/aromatic N) is 1. The molecule has 2 nitrogen and oxygen atoms in total. The smallest absolute Gasteiger partial charge is 0.0352 e. The van der Waals surface area contributed by atoms with Gasteiger partial charge in [0.2, 0.25) is 0 Å². The Morgan fingerprint density at radius 3 is 2.33 bits per heavy atom. The minimum Gasteiger partial charge on any atom is -0.299 e. The molecule has 12 heavy (non-hydrogen) atoms. The third-order valence-electron chi connectivity index (χ3n) is 3.31. The van der Waals surface area contributed by atoms with Crippen molar-refractivity contribution in [1.82, 2.24) is 10.6 Å². The van der Waals surface area contributed by atoms with Gasteiger partial charge < -0.3 is 0 Å². The van der Waals surface area contributed by atoms with Gasteiger partial charge in [0, 0.05) is 25.2 Å². The molecule has 1 aliphatic heterocycles. The van der Waals surface area contributed by atoms with E-state index < -0.39 is 0 Å². The van der Waals surface area contributed by atoms with Crippen LogP contribution in [0.4, 0.5) is 0 Å². The van der Waals surface area contributed by atoms with Crippen LogP contribution in [0.3, 0.4) is 0 Å². The molecule has 0 spiro atoms. The molecule has 2 heteroatoms. The first kappa shape index (κ1) is 8.52. The fraction of sp³-hybridized carbons (Fsp3) is 1.00. The van der Waals surface area contributed by atoms with Gasteiger partial charge in [-0.15, -0.1) is 0 Å². The summed E-state index contributed by atoms with van der Waals surface area (Å²) < 4.78 is 0. The molecule has 1 radical (unpaired) electrons. The maximum atomic E-state index is 7.64. The topological polar surface area (TPSA) is 27.0 Å². The SMILES string of the molecule is [NH]C1CCN(C2CCCCC2)C1. The Labute approximate surface area is 75.1 Å². The quantitative estimate of drug-likeness (QED) is 0.583. The summed E-state index contributed by atoms with van der Waals surface area (Å²) in [4.78, 5) is 2.55. The summed E-state index contributed by atoms with van der Waals surface area (Å²) in [5.41, 5.74) is 7.64. The van der Waals surface area contributed by atoms with Crippen LogP contribution >= 0.6 is 0 Å². The second-order valence-corrected chi connectivity index (χ2v) is 4.27. The lowest BCUT2D eigenvalue weighted by molar-refractivity contribution is 0.189. The second-order valence-electron chi connectivity index (χ2n) is 4.27. The molecule has 1 saturated heterocycles. The fourth-order valence-electron chi connectivity index (χ4n) is 2.57. The van der Waals surface area contributed by atoms with Crippen LogP contribution in [0.15, 0.2) is 0 Å². The first-order chi connectivity index (χ1) is 5.86. The third-order valence-corrected chi connectivity index (χ3v) is 3.31. The Hall–Kier alpha value is -0.0800. The normalized spacial score (nSPS) is 34.2. The van der Waals surface area contributed by atoms with E-state index in [0.29, 0.717) is 0 Å². The fourth-order valence-corrected chi connectivity index (χ4v) is 2.57. The molecule has 1 unspecified atom stereocenters. The highest BCUT2D eigenvalue weighted by Gasteiger charge is 2.27. The summed E-state index contributed by atoms with van der Waals surface area (Å²) in [7, 11) is 0. The highest BCUT2D eigenvalue weighted by molar-refractivity contribution is 4.84. The first-order valence-electron chi connectivity index (χ1n) is 5.31. The van der Waals surface area contributed by atoms with Crippen LogP contribution in [0.5, 0.6) is 0 Å². The maximum Gasteiger partial charge on any atom is 0.0352 e. The van der Waals surface area contributed by atoms with E-state index in [2.05, 4.69) is 4.90 Å². The predicted molar refractivity (Wildman–Crippen MR) is 49.9 cm³/mol. The van der Waals surface area contributed by atoms with Gasteiger partial charge in [-0.05, 0) is 19.3 Å². The molecule has 69 valence electrons. The number of hydrogen-bond donors (Lipinski definition) is 0. The van der Waals surface area contributed by atoms with E-state index in [1.807, 2.05) is 0 Å². The molecule has 0 bridgehead atoms. The van der Waals surface area contributed by atoms with Crippen molar-refractivity contribution < 1.29 is 0 Å². The summed E-state index contributed by atoms with van der Waals surface area (Å²) >= 11 is 0. The Morgan fingerprint density at radius 1 is 1.00 bits per heavy atom. The Kier molecular flexibility index (Phi) is 2.66. The van der Waals surface area contributed by atoms with Crippen molar-refractivity contribution >= 4 is 0 Å². The molecule has 0 amide bonds. The predicted octanol–water partition coefficient (Wildman–Crippen LogP) is 1.68. The van der Waals surface area contributed by atoms with Gasteiger partial charge in [0.25, 0.3) is 0 Å². The summed E-state index contributed by atoms with van der Waals surface area (Å²) in [5, 5.41) is 0. The van der Waals surface area contributed by atoms with Crippen LogP contribution in [-0.2, 0) is 0 Å². The molecule has 0 aromatic heterocycles. The minimum atomic E-state index is 0.215. The zero-order chi connectivity index (χ0) is 8.39. The average Bonchev–Trinajstić information content (AvgIpc) is 2.54. The molecule has 0 aromatic rings. The van der Waals surface area contributed by atoms with Gasteiger partial charge in [0.1, 0.15) is 0 Å². The molecule has 2 aliphatic rings. The summed E-state index contributed by atoms with van der Waals surface area (Å²) in [6.45, 7) is 2.24.